The Morgan fingerprint density at radius 1 is 1.07 bits per heavy atom. The predicted molar refractivity (Wildman–Crippen MR) is 160 cm³/mol. The van der Waals surface area contributed by atoms with E-state index in [2.05, 4.69) is 11.9 Å². The van der Waals surface area contributed by atoms with Crippen molar-refractivity contribution in [1.29, 1.82) is 0 Å². The quantitative estimate of drug-likeness (QED) is 0.170. The first-order chi connectivity index (χ1) is 20.1. The fourth-order valence-electron chi connectivity index (χ4n) is 5.73. The van der Waals surface area contributed by atoms with Crippen molar-refractivity contribution in [3.05, 3.63) is 101 Å². The smallest absolute Gasteiger partial charge is 0.262 e. The van der Waals surface area contributed by atoms with E-state index in [0.29, 0.717) is 44.0 Å². The number of nitrogen functional groups attached to an aromatic ring is 1. The van der Waals surface area contributed by atoms with Gasteiger partial charge in [0.15, 0.2) is 5.78 Å². The Bertz CT molecular complexity index is 1740. The number of thiophene rings is 1. The largest absolute Gasteiger partial charge is 0.457 e. The molecule has 2 aliphatic rings. The number of ketones is 1. The van der Waals surface area contributed by atoms with Crippen LogP contribution < -0.4 is 27.3 Å². The molecule has 0 bridgehead atoms. The summed E-state index contributed by atoms with van der Waals surface area (Å²) in [5.41, 5.74) is 20.0. The number of carbonyl (C=O) groups is 3. The van der Waals surface area contributed by atoms with Crippen LogP contribution in [0.4, 0.5) is 5.69 Å². The van der Waals surface area contributed by atoms with Crippen molar-refractivity contribution < 1.29 is 24.2 Å². The Morgan fingerprint density at radius 3 is 2.45 bits per heavy atom. The molecule has 0 radical (unpaired) electrons. The molecular weight excluding hydrogens is 554 g/mol. The number of likely N-dealkylation sites (tertiary alicyclic amines) is 1. The SMILES string of the molecule is C=CC(=O)N1C[C@H](NC(=O)c2sc3c(N)ccc4c3c2C(N)C(=O)C4(N)c2ccc(Oc3ccccc3)cc2)[C@@H](O)C1. The molecule has 1 aliphatic heterocycles. The van der Waals surface area contributed by atoms with E-state index in [1.807, 2.05) is 30.3 Å². The van der Waals surface area contributed by atoms with Crippen LogP contribution in [0.2, 0.25) is 0 Å². The molecule has 1 aliphatic carbocycles. The molecule has 4 aromatic rings. The van der Waals surface area contributed by atoms with E-state index in [0.717, 1.165) is 17.4 Å². The molecule has 1 aromatic heterocycles. The minimum absolute atomic E-state index is 0.0645. The minimum atomic E-state index is -1.61. The van der Waals surface area contributed by atoms with Gasteiger partial charge in [0.25, 0.3) is 5.91 Å². The second kappa shape index (κ2) is 10.4. The molecule has 2 heterocycles. The number of aliphatic hydroxyl groups is 1. The van der Waals surface area contributed by atoms with E-state index in [1.165, 1.54) is 4.90 Å². The van der Waals surface area contributed by atoms with Gasteiger partial charge in [0, 0.05) is 29.7 Å². The maximum Gasteiger partial charge on any atom is 0.262 e. The van der Waals surface area contributed by atoms with E-state index in [9.17, 15) is 19.5 Å². The van der Waals surface area contributed by atoms with Crippen LogP contribution >= 0.6 is 11.3 Å². The first kappa shape index (κ1) is 27.6. The third-order valence-electron chi connectivity index (χ3n) is 7.90. The van der Waals surface area contributed by atoms with Crippen molar-refractivity contribution in [2.24, 2.45) is 11.5 Å². The summed E-state index contributed by atoms with van der Waals surface area (Å²) in [6.45, 7) is 3.65. The highest BCUT2D eigenvalue weighted by Gasteiger charge is 2.49. The Labute approximate surface area is 245 Å². The Hall–Kier alpha value is -4.55. The van der Waals surface area contributed by atoms with Gasteiger partial charge < -0.3 is 37.3 Å². The zero-order chi connectivity index (χ0) is 29.8. The Kier molecular flexibility index (Phi) is 6.82. The molecule has 2 amide bonds. The van der Waals surface area contributed by atoms with Crippen LogP contribution in [0.1, 0.15) is 32.4 Å². The van der Waals surface area contributed by atoms with E-state index in [1.54, 1.807) is 36.4 Å². The zero-order valence-electron chi connectivity index (χ0n) is 22.4. The molecule has 1 fully saturated rings. The van der Waals surface area contributed by atoms with Crippen LogP contribution in [-0.4, -0.2) is 52.8 Å². The van der Waals surface area contributed by atoms with Gasteiger partial charge in [-0.3, -0.25) is 14.4 Å². The lowest BCUT2D eigenvalue weighted by atomic mass is 9.70. The summed E-state index contributed by atoms with van der Waals surface area (Å²) in [6, 6.07) is 17.7. The van der Waals surface area contributed by atoms with Crippen LogP contribution in [0, 0.1) is 0 Å². The number of benzene rings is 3. The third kappa shape index (κ3) is 4.34. The summed E-state index contributed by atoms with van der Waals surface area (Å²) in [4.78, 5) is 41.2. The monoisotopic (exact) mass is 583 g/mol. The number of anilines is 1. The lowest BCUT2D eigenvalue weighted by Crippen LogP contribution is -2.52. The van der Waals surface area contributed by atoms with Gasteiger partial charge in [0.2, 0.25) is 5.91 Å². The highest BCUT2D eigenvalue weighted by molar-refractivity contribution is 7.21. The van der Waals surface area contributed by atoms with Gasteiger partial charge in [-0.2, -0.15) is 0 Å². The average Bonchev–Trinajstić information content (AvgIpc) is 3.58. The molecular formula is C31H29N5O5S. The van der Waals surface area contributed by atoms with E-state index >= 15 is 0 Å². The lowest BCUT2D eigenvalue weighted by molar-refractivity contribution is -0.125. The number of rotatable bonds is 6. The Balaban J connectivity index is 1.37. The van der Waals surface area contributed by atoms with Crippen LogP contribution in [0.25, 0.3) is 10.1 Å². The van der Waals surface area contributed by atoms with Crippen LogP contribution in [-0.2, 0) is 15.1 Å². The van der Waals surface area contributed by atoms with Crippen molar-refractivity contribution in [2.75, 3.05) is 18.8 Å². The highest BCUT2D eigenvalue weighted by atomic mass is 32.1. The molecule has 0 spiro atoms. The molecule has 0 saturated carbocycles. The maximum absolute atomic E-state index is 14.0. The first-order valence-electron chi connectivity index (χ1n) is 13.3. The van der Waals surface area contributed by atoms with Crippen molar-refractivity contribution in [1.82, 2.24) is 10.2 Å². The van der Waals surface area contributed by atoms with Crippen molar-refractivity contribution in [2.45, 2.75) is 23.7 Å². The molecule has 8 N–H and O–H groups in total. The van der Waals surface area contributed by atoms with Gasteiger partial charge in [-0.05, 0) is 47.5 Å². The fourth-order valence-corrected chi connectivity index (χ4v) is 6.93. The van der Waals surface area contributed by atoms with Gasteiger partial charge in [-0.15, -0.1) is 11.3 Å². The van der Waals surface area contributed by atoms with Gasteiger partial charge in [0.1, 0.15) is 17.0 Å². The molecule has 2 unspecified atom stereocenters. The number of nitrogens with two attached hydrogens (primary N) is 3. The summed E-state index contributed by atoms with van der Waals surface area (Å²) < 4.78 is 6.48. The maximum atomic E-state index is 14.0. The number of β-amino-alcohol motifs (C(OH)–C–C–N with tert-alkyl or cyclic N) is 1. The molecule has 4 atom stereocenters. The van der Waals surface area contributed by atoms with Crippen molar-refractivity contribution >= 4 is 44.7 Å². The topological polar surface area (TPSA) is 174 Å². The summed E-state index contributed by atoms with van der Waals surface area (Å²) in [5.74, 6) is -0.104. The standard InChI is InChI=1S/C31H29N5O5S/c1-2-23(38)36-14-21(22(37)15-36)35-30(40)28-25-24-19(12-13-20(32)27(24)42-28)31(34,29(39)26(25)33)16-8-10-18(11-9-16)41-17-6-4-3-5-7-17/h2-13,21-22,26,37H,1,14-15,32-34H2,(H,35,40)/t21-,22-,26?,31?/m0/s1. The molecule has 10 nitrogen and oxygen atoms in total. The first-order valence-corrected chi connectivity index (χ1v) is 14.1. The summed E-state index contributed by atoms with van der Waals surface area (Å²) in [6.07, 6.45) is 0.190. The van der Waals surface area contributed by atoms with Crippen LogP contribution in [0.3, 0.4) is 0 Å². The van der Waals surface area contributed by atoms with Crippen LogP contribution in [0.15, 0.2) is 79.4 Å². The number of amides is 2. The minimum Gasteiger partial charge on any atom is -0.457 e. The third-order valence-corrected chi connectivity index (χ3v) is 9.15. The van der Waals surface area contributed by atoms with Gasteiger partial charge in [-0.1, -0.05) is 43.0 Å². The lowest BCUT2D eigenvalue weighted by Gasteiger charge is -2.36. The van der Waals surface area contributed by atoms with Gasteiger partial charge in [-0.25, -0.2) is 0 Å². The number of nitrogens with zero attached hydrogens (tertiary/aromatic N) is 1. The second-order valence-corrected chi connectivity index (χ2v) is 11.5. The summed E-state index contributed by atoms with van der Waals surface area (Å²) >= 11 is 1.12. The second-order valence-electron chi connectivity index (χ2n) is 10.4. The number of aliphatic hydroxyl groups excluding tert-OH is 1. The molecule has 1 saturated heterocycles. The normalized spacial score (nSPS) is 23.2. The van der Waals surface area contributed by atoms with Crippen molar-refractivity contribution in [3.8, 4) is 11.5 Å². The highest BCUT2D eigenvalue weighted by Crippen LogP contribution is 2.49. The molecule has 6 rings (SSSR count). The number of Topliss-reactive ketones (excluding diaryl/α,β-unsaturated/α-hetero) is 1. The molecule has 11 heteroatoms. The summed E-state index contributed by atoms with van der Waals surface area (Å²) in [7, 11) is 0. The number of hydrogen-bond donors (Lipinski definition) is 5. The average molecular weight is 584 g/mol. The van der Waals surface area contributed by atoms with Crippen molar-refractivity contribution in [3.63, 3.8) is 0 Å². The Morgan fingerprint density at radius 2 is 1.76 bits per heavy atom. The number of nitrogens with one attached hydrogen (secondary N) is 1. The van der Waals surface area contributed by atoms with E-state index < -0.39 is 35.4 Å². The molecule has 214 valence electrons. The number of carbonyl (C=O) groups excluding carboxylic acids is 3. The van der Waals surface area contributed by atoms with Gasteiger partial charge in [0.05, 0.1) is 27.8 Å². The van der Waals surface area contributed by atoms with Crippen LogP contribution in [0.5, 0.6) is 11.5 Å². The summed E-state index contributed by atoms with van der Waals surface area (Å²) in [5, 5.41) is 13.9. The molecule has 42 heavy (non-hydrogen) atoms. The fraction of sp³-hybridized carbons (Fsp3) is 0.194. The number of hydrogen-bond acceptors (Lipinski definition) is 9. The number of para-hydroxylation sites is 1. The van der Waals surface area contributed by atoms with E-state index in [-0.39, 0.29) is 23.9 Å². The number of ether oxygens (including phenoxy) is 1. The van der Waals surface area contributed by atoms with E-state index in [4.69, 9.17) is 21.9 Å². The zero-order valence-corrected chi connectivity index (χ0v) is 23.3. The van der Waals surface area contributed by atoms with Gasteiger partial charge >= 0.3 is 0 Å². The molecule has 3 aromatic carbocycles. The predicted octanol–water partition coefficient (Wildman–Crippen LogP) is 2.55.